The van der Waals surface area contributed by atoms with Gasteiger partial charge < -0.3 is 9.26 Å². The Morgan fingerprint density at radius 3 is 2.53 bits per heavy atom. The van der Waals surface area contributed by atoms with Crippen LogP contribution in [0.5, 0.6) is 5.75 Å². The zero-order chi connectivity index (χ0) is 12.3. The molecule has 1 aromatic heterocycles. The monoisotopic (exact) mass is 240 g/mol. The van der Waals surface area contributed by atoms with Gasteiger partial charge in [0.2, 0.25) is 12.1 Å². The highest BCUT2D eigenvalue weighted by atomic mass is 19.3. The second-order valence-corrected chi connectivity index (χ2v) is 2.98. The van der Waals surface area contributed by atoms with Gasteiger partial charge in [-0.25, -0.2) is 0 Å². The van der Waals surface area contributed by atoms with E-state index in [4.69, 9.17) is 0 Å². The summed E-state index contributed by atoms with van der Waals surface area (Å²) in [6.07, 6.45) is 0.421. The highest BCUT2D eigenvalue weighted by Crippen LogP contribution is 2.20. The first-order valence-electron chi connectivity index (χ1n) is 4.53. The van der Waals surface area contributed by atoms with Gasteiger partial charge in [-0.2, -0.15) is 13.8 Å². The topological polar surface area (TPSA) is 65.2 Å². The highest BCUT2D eigenvalue weighted by Gasteiger charge is 2.09. The maximum Gasteiger partial charge on any atom is 0.387 e. The molecule has 1 heterocycles. The van der Waals surface area contributed by atoms with Crippen LogP contribution in [-0.2, 0) is 0 Å². The number of rotatable bonds is 4. The lowest BCUT2D eigenvalue weighted by Gasteiger charge is -2.03. The van der Waals surface area contributed by atoms with Crippen LogP contribution in [0.25, 0.3) is 11.4 Å². The number of carbonyl (C=O) groups is 1. The number of hydrogen-bond donors (Lipinski definition) is 0. The summed E-state index contributed by atoms with van der Waals surface area (Å²) in [6.45, 7) is -2.87. The number of alkyl halides is 2. The second kappa shape index (κ2) is 4.69. The van der Waals surface area contributed by atoms with E-state index in [1.807, 2.05) is 0 Å². The number of nitrogens with zero attached hydrogens (tertiary/aromatic N) is 2. The number of hydrogen-bond acceptors (Lipinski definition) is 5. The average Bonchev–Trinajstić information content (AvgIpc) is 2.78. The van der Waals surface area contributed by atoms with Gasteiger partial charge in [0.1, 0.15) is 5.75 Å². The molecule has 0 saturated heterocycles. The SMILES string of the molecule is O=Cc1nc(-c2ccc(OC(F)F)cc2)no1. The normalized spacial score (nSPS) is 10.5. The first-order chi connectivity index (χ1) is 8.19. The van der Waals surface area contributed by atoms with Gasteiger partial charge in [-0.15, -0.1) is 0 Å². The molecule has 0 radical (unpaired) electrons. The van der Waals surface area contributed by atoms with Gasteiger partial charge in [0.15, 0.2) is 0 Å². The van der Waals surface area contributed by atoms with E-state index in [2.05, 4.69) is 19.4 Å². The van der Waals surface area contributed by atoms with Crippen molar-refractivity contribution in [1.29, 1.82) is 0 Å². The van der Waals surface area contributed by atoms with Crippen LogP contribution >= 0.6 is 0 Å². The standard InChI is InChI=1S/C10H6F2N2O3/c11-10(12)16-7-3-1-6(2-4-7)9-13-8(5-15)17-14-9/h1-5,10H. The van der Waals surface area contributed by atoms with Crippen molar-refractivity contribution in [2.45, 2.75) is 6.61 Å². The molecule has 0 unspecified atom stereocenters. The minimum absolute atomic E-state index is 0.0304. The zero-order valence-corrected chi connectivity index (χ0v) is 8.34. The fraction of sp³-hybridized carbons (Fsp3) is 0.100. The molecule has 0 amide bonds. The molecule has 7 heteroatoms. The largest absolute Gasteiger partial charge is 0.435 e. The molecule has 88 valence electrons. The fourth-order valence-corrected chi connectivity index (χ4v) is 1.19. The lowest BCUT2D eigenvalue weighted by atomic mass is 10.2. The van der Waals surface area contributed by atoms with Crippen molar-refractivity contribution in [3.8, 4) is 17.1 Å². The first kappa shape index (κ1) is 11.2. The van der Waals surface area contributed by atoms with E-state index < -0.39 is 6.61 Å². The van der Waals surface area contributed by atoms with Crippen LogP contribution in [-0.4, -0.2) is 23.0 Å². The van der Waals surface area contributed by atoms with Gasteiger partial charge in [-0.3, -0.25) is 4.79 Å². The molecule has 0 atom stereocenters. The predicted molar refractivity (Wildman–Crippen MR) is 51.8 cm³/mol. The summed E-state index contributed by atoms with van der Waals surface area (Å²) in [5, 5.41) is 3.54. The number of aromatic nitrogens is 2. The van der Waals surface area contributed by atoms with E-state index in [1.54, 1.807) is 0 Å². The highest BCUT2D eigenvalue weighted by molar-refractivity contribution is 5.69. The van der Waals surface area contributed by atoms with Crippen molar-refractivity contribution in [2.75, 3.05) is 0 Å². The third kappa shape index (κ3) is 2.63. The van der Waals surface area contributed by atoms with E-state index in [-0.39, 0.29) is 17.5 Å². The molecular formula is C10H6F2N2O3. The summed E-state index contributed by atoms with van der Waals surface area (Å²) in [6, 6.07) is 5.66. The van der Waals surface area contributed by atoms with Crippen molar-refractivity contribution in [3.63, 3.8) is 0 Å². The molecule has 0 aliphatic carbocycles. The molecule has 2 rings (SSSR count). The van der Waals surface area contributed by atoms with Crippen molar-refractivity contribution in [1.82, 2.24) is 10.1 Å². The minimum atomic E-state index is -2.87. The third-order valence-electron chi connectivity index (χ3n) is 1.88. The van der Waals surface area contributed by atoms with Crippen LogP contribution in [0.3, 0.4) is 0 Å². The molecular weight excluding hydrogens is 234 g/mol. The predicted octanol–water partition coefficient (Wildman–Crippen LogP) is 2.15. The Hall–Kier alpha value is -2.31. The van der Waals surface area contributed by atoms with Crippen molar-refractivity contribution in [2.24, 2.45) is 0 Å². The number of carbonyl (C=O) groups excluding carboxylic acids is 1. The summed E-state index contributed by atoms with van der Waals surface area (Å²) in [7, 11) is 0. The van der Waals surface area contributed by atoms with Crippen LogP contribution in [0.15, 0.2) is 28.8 Å². The molecule has 0 fully saturated rings. The molecule has 5 nitrogen and oxygen atoms in total. The Labute approximate surface area is 94.0 Å². The van der Waals surface area contributed by atoms with Gasteiger partial charge in [0.05, 0.1) is 0 Å². The third-order valence-corrected chi connectivity index (χ3v) is 1.88. The zero-order valence-electron chi connectivity index (χ0n) is 8.34. The van der Waals surface area contributed by atoms with E-state index in [0.717, 1.165) is 0 Å². The Morgan fingerprint density at radius 2 is 2.00 bits per heavy atom. The van der Waals surface area contributed by atoms with Crippen molar-refractivity contribution >= 4 is 6.29 Å². The summed E-state index contributed by atoms with van der Waals surface area (Å²) in [5.74, 6) is 0.0893. The average molecular weight is 240 g/mol. The van der Waals surface area contributed by atoms with E-state index in [9.17, 15) is 13.6 Å². The number of ether oxygens (including phenoxy) is 1. The summed E-state index contributed by atoms with van der Waals surface area (Å²) >= 11 is 0. The van der Waals surface area contributed by atoms with Crippen molar-refractivity contribution < 1.29 is 22.8 Å². The van der Waals surface area contributed by atoms with Crippen LogP contribution in [0.2, 0.25) is 0 Å². The Kier molecular flexibility index (Phi) is 3.08. The van der Waals surface area contributed by atoms with Crippen LogP contribution in [0.1, 0.15) is 10.7 Å². The molecule has 2 aromatic rings. The van der Waals surface area contributed by atoms with Gasteiger partial charge >= 0.3 is 6.61 Å². The van der Waals surface area contributed by atoms with E-state index in [0.29, 0.717) is 11.8 Å². The molecule has 1 aromatic carbocycles. The molecule has 0 bridgehead atoms. The second-order valence-electron chi connectivity index (χ2n) is 2.98. The maximum absolute atomic E-state index is 11.9. The van der Waals surface area contributed by atoms with Gasteiger partial charge in [-0.05, 0) is 24.3 Å². The fourth-order valence-electron chi connectivity index (χ4n) is 1.19. The van der Waals surface area contributed by atoms with Gasteiger partial charge in [0.25, 0.3) is 5.89 Å². The molecule has 0 aliphatic rings. The molecule has 0 spiro atoms. The van der Waals surface area contributed by atoms with Crippen LogP contribution in [0, 0.1) is 0 Å². The molecule has 0 saturated carbocycles. The van der Waals surface area contributed by atoms with E-state index >= 15 is 0 Å². The molecule has 17 heavy (non-hydrogen) atoms. The lowest BCUT2D eigenvalue weighted by Crippen LogP contribution is -2.01. The number of aldehydes is 1. The van der Waals surface area contributed by atoms with Gasteiger partial charge in [-0.1, -0.05) is 5.16 Å². The number of halogens is 2. The van der Waals surface area contributed by atoms with Crippen LogP contribution in [0.4, 0.5) is 8.78 Å². The van der Waals surface area contributed by atoms with Gasteiger partial charge in [0, 0.05) is 5.56 Å². The Balaban J connectivity index is 2.19. The Bertz CT molecular complexity index is 511. The van der Waals surface area contributed by atoms with Crippen molar-refractivity contribution in [3.05, 3.63) is 30.2 Å². The summed E-state index contributed by atoms with van der Waals surface area (Å²) in [4.78, 5) is 14.1. The van der Waals surface area contributed by atoms with Crippen LogP contribution < -0.4 is 4.74 Å². The quantitative estimate of drug-likeness (QED) is 0.766. The minimum Gasteiger partial charge on any atom is -0.435 e. The number of benzene rings is 1. The lowest BCUT2D eigenvalue weighted by molar-refractivity contribution is -0.0498. The maximum atomic E-state index is 11.9. The summed E-state index contributed by atoms with van der Waals surface area (Å²) in [5.41, 5.74) is 0.531. The smallest absolute Gasteiger partial charge is 0.387 e. The summed E-state index contributed by atoms with van der Waals surface area (Å²) < 4.78 is 32.5. The van der Waals surface area contributed by atoms with E-state index in [1.165, 1.54) is 24.3 Å². The molecule has 0 N–H and O–H groups in total. The Morgan fingerprint density at radius 1 is 1.29 bits per heavy atom. The first-order valence-corrected chi connectivity index (χ1v) is 4.53. The molecule has 0 aliphatic heterocycles.